The zero-order valence-corrected chi connectivity index (χ0v) is 8.83. The normalized spacial score (nSPS) is 12.6. The molecule has 0 unspecified atom stereocenters. The summed E-state index contributed by atoms with van der Waals surface area (Å²) in [5.74, 6) is -0.169. The van der Waals surface area contributed by atoms with Crippen LogP contribution in [-0.2, 0) is 9.53 Å². The van der Waals surface area contributed by atoms with Gasteiger partial charge in [-0.3, -0.25) is 4.79 Å². The van der Waals surface area contributed by atoms with E-state index in [1.165, 1.54) is 0 Å². The number of esters is 1. The molecule has 0 aliphatic rings. The van der Waals surface area contributed by atoms with Crippen molar-refractivity contribution in [3.63, 3.8) is 0 Å². The van der Waals surface area contributed by atoms with Gasteiger partial charge in [0, 0.05) is 0 Å². The van der Waals surface area contributed by atoms with Crippen molar-refractivity contribution in [3.05, 3.63) is 24.3 Å². The molecule has 0 rings (SSSR count). The molecule has 0 saturated heterocycles. The van der Waals surface area contributed by atoms with Crippen LogP contribution < -0.4 is 0 Å². The van der Waals surface area contributed by atoms with Crippen molar-refractivity contribution in [2.75, 3.05) is 6.61 Å². The number of hydrogen-bond acceptors (Lipinski definition) is 2. The zero-order chi connectivity index (χ0) is 10.3. The summed E-state index contributed by atoms with van der Waals surface area (Å²) in [6, 6.07) is 0. The van der Waals surface area contributed by atoms with Gasteiger partial charge in [0.25, 0.3) is 0 Å². The third kappa shape index (κ3) is 6.14. The second-order valence-corrected chi connectivity index (χ2v) is 3.80. The average Bonchev–Trinajstić information content (AvgIpc) is 2.02. The molecular weight excluding hydrogens is 164 g/mol. The van der Waals surface area contributed by atoms with Crippen LogP contribution in [0.3, 0.4) is 0 Å². The van der Waals surface area contributed by atoms with Gasteiger partial charge in [0.2, 0.25) is 0 Å². The Bertz CT molecular complexity index is 207. The van der Waals surface area contributed by atoms with Crippen molar-refractivity contribution >= 4 is 5.97 Å². The summed E-state index contributed by atoms with van der Waals surface area (Å²) in [6.07, 6.45) is 7.48. The molecule has 0 radical (unpaired) electrons. The highest BCUT2D eigenvalue weighted by molar-refractivity contribution is 5.75. The average molecular weight is 182 g/mol. The predicted molar refractivity (Wildman–Crippen MR) is 54.4 cm³/mol. The molecule has 0 fully saturated rings. The molecule has 0 saturated carbocycles. The van der Waals surface area contributed by atoms with Crippen LogP contribution in [0.15, 0.2) is 24.3 Å². The van der Waals surface area contributed by atoms with Gasteiger partial charge < -0.3 is 4.74 Å². The van der Waals surface area contributed by atoms with E-state index in [1.54, 1.807) is 0 Å². The van der Waals surface area contributed by atoms with Crippen molar-refractivity contribution < 1.29 is 9.53 Å². The number of carbonyl (C=O) groups excluding carboxylic acids is 1. The minimum Gasteiger partial charge on any atom is -0.461 e. The fourth-order valence-electron chi connectivity index (χ4n) is 0.586. The van der Waals surface area contributed by atoms with E-state index in [2.05, 4.69) is 0 Å². The Hall–Kier alpha value is -1.05. The van der Waals surface area contributed by atoms with E-state index < -0.39 is 5.41 Å². The SMILES string of the molecule is C/C=C\C=C/COC(=O)C(C)(C)C. The van der Waals surface area contributed by atoms with E-state index in [9.17, 15) is 4.79 Å². The minimum atomic E-state index is -0.408. The van der Waals surface area contributed by atoms with Gasteiger partial charge in [0.15, 0.2) is 0 Å². The Labute approximate surface area is 80.3 Å². The summed E-state index contributed by atoms with van der Waals surface area (Å²) in [5, 5.41) is 0. The molecule has 74 valence electrons. The largest absolute Gasteiger partial charge is 0.461 e. The molecule has 2 heteroatoms. The maximum absolute atomic E-state index is 11.2. The highest BCUT2D eigenvalue weighted by atomic mass is 16.5. The van der Waals surface area contributed by atoms with Crippen molar-refractivity contribution in [3.8, 4) is 0 Å². The Kier molecular flexibility index (Phi) is 5.12. The molecule has 0 aliphatic carbocycles. The summed E-state index contributed by atoms with van der Waals surface area (Å²) >= 11 is 0. The fraction of sp³-hybridized carbons (Fsp3) is 0.545. The molecule has 0 atom stereocenters. The lowest BCUT2D eigenvalue weighted by atomic mass is 9.97. The Morgan fingerprint density at radius 2 is 1.92 bits per heavy atom. The summed E-state index contributed by atoms with van der Waals surface area (Å²) in [6.45, 7) is 7.80. The number of ether oxygens (including phenoxy) is 1. The third-order valence-electron chi connectivity index (χ3n) is 1.36. The van der Waals surface area contributed by atoms with E-state index in [4.69, 9.17) is 4.74 Å². The molecule has 0 aromatic rings. The van der Waals surface area contributed by atoms with Gasteiger partial charge in [-0.05, 0) is 33.8 Å². The Balaban J connectivity index is 3.72. The number of hydrogen-bond donors (Lipinski definition) is 0. The molecule has 13 heavy (non-hydrogen) atoms. The van der Waals surface area contributed by atoms with Gasteiger partial charge in [0.05, 0.1) is 5.41 Å². The van der Waals surface area contributed by atoms with Gasteiger partial charge in [-0.15, -0.1) is 0 Å². The standard InChI is InChI=1S/C11H18O2/c1-5-6-7-8-9-13-10(12)11(2,3)4/h5-8H,9H2,1-4H3/b6-5-,8-7-. The number of rotatable bonds is 3. The number of allylic oxidation sites excluding steroid dienone is 3. The van der Waals surface area contributed by atoms with Gasteiger partial charge in [0.1, 0.15) is 6.61 Å². The van der Waals surface area contributed by atoms with Crippen LogP contribution in [0.5, 0.6) is 0 Å². The first-order valence-corrected chi connectivity index (χ1v) is 4.43. The quantitative estimate of drug-likeness (QED) is 0.495. The van der Waals surface area contributed by atoms with Crippen molar-refractivity contribution in [1.82, 2.24) is 0 Å². The highest BCUT2D eigenvalue weighted by Gasteiger charge is 2.22. The van der Waals surface area contributed by atoms with Crippen LogP contribution in [0, 0.1) is 5.41 Å². The van der Waals surface area contributed by atoms with Crippen molar-refractivity contribution in [2.45, 2.75) is 27.7 Å². The molecule has 0 heterocycles. The van der Waals surface area contributed by atoms with Crippen LogP contribution >= 0.6 is 0 Å². The van der Waals surface area contributed by atoms with Crippen LogP contribution in [0.25, 0.3) is 0 Å². The maximum Gasteiger partial charge on any atom is 0.311 e. The second kappa shape index (κ2) is 5.57. The molecule has 2 nitrogen and oxygen atoms in total. The van der Waals surface area contributed by atoms with Gasteiger partial charge in [-0.25, -0.2) is 0 Å². The van der Waals surface area contributed by atoms with E-state index >= 15 is 0 Å². The van der Waals surface area contributed by atoms with E-state index in [0.717, 1.165) is 0 Å². The van der Waals surface area contributed by atoms with Crippen LogP contribution in [0.1, 0.15) is 27.7 Å². The van der Waals surface area contributed by atoms with Crippen LogP contribution in [-0.4, -0.2) is 12.6 Å². The summed E-state index contributed by atoms with van der Waals surface area (Å²) in [7, 11) is 0. The monoisotopic (exact) mass is 182 g/mol. The lowest BCUT2D eigenvalue weighted by molar-refractivity contribution is -0.151. The molecule has 0 aromatic heterocycles. The van der Waals surface area contributed by atoms with Crippen LogP contribution in [0.4, 0.5) is 0 Å². The summed E-state index contributed by atoms with van der Waals surface area (Å²) < 4.78 is 4.99. The fourth-order valence-corrected chi connectivity index (χ4v) is 0.586. The minimum absolute atomic E-state index is 0.169. The molecule has 0 bridgehead atoms. The predicted octanol–water partition coefficient (Wildman–Crippen LogP) is 2.71. The molecule has 0 N–H and O–H groups in total. The highest BCUT2D eigenvalue weighted by Crippen LogP contribution is 2.14. The van der Waals surface area contributed by atoms with E-state index in [-0.39, 0.29) is 5.97 Å². The van der Waals surface area contributed by atoms with Crippen molar-refractivity contribution in [2.24, 2.45) is 5.41 Å². The second-order valence-electron chi connectivity index (χ2n) is 3.80. The lowest BCUT2D eigenvalue weighted by Gasteiger charge is -2.15. The van der Waals surface area contributed by atoms with Crippen LogP contribution in [0.2, 0.25) is 0 Å². The van der Waals surface area contributed by atoms with E-state index in [0.29, 0.717) is 6.61 Å². The van der Waals surface area contributed by atoms with Gasteiger partial charge in [-0.2, -0.15) is 0 Å². The molecule has 0 spiro atoms. The Morgan fingerprint density at radius 3 is 2.38 bits per heavy atom. The van der Waals surface area contributed by atoms with Gasteiger partial charge >= 0.3 is 5.97 Å². The third-order valence-corrected chi connectivity index (χ3v) is 1.36. The molecule has 0 aromatic carbocycles. The first-order valence-electron chi connectivity index (χ1n) is 4.43. The zero-order valence-electron chi connectivity index (χ0n) is 8.83. The number of carbonyl (C=O) groups is 1. The summed E-state index contributed by atoms with van der Waals surface area (Å²) in [5.41, 5.74) is -0.408. The topological polar surface area (TPSA) is 26.3 Å². The first kappa shape index (κ1) is 11.9. The molecular formula is C11H18O2. The van der Waals surface area contributed by atoms with Gasteiger partial charge in [-0.1, -0.05) is 18.2 Å². The van der Waals surface area contributed by atoms with E-state index in [1.807, 2.05) is 52.0 Å². The lowest BCUT2D eigenvalue weighted by Crippen LogP contribution is -2.22. The molecule has 0 amide bonds. The Morgan fingerprint density at radius 1 is 1.31 bits per heavy atom. The first-order chi connectivity index (χ1) is 5.98. The van der Waals surface area contributed by atoms with Crippen molar-refractivity contribution in [1.29, 1.82) is 0 Å². The smallest absolute Gasteiger partial charge is 0.311 e. The summed E-state index contributed by atoms with van der Waals surface area (Å²) in [4.78, 5) is 11.2. The maximum atomic E-state index is 11.2. The molecule has 0 aliphatic heterocycles.